The summed E-state index contributed by atoms with van der Waals surface area (Å²) in [7, 11) is 0. The van der Waals surface area contributed by atoms with Crippen LogP contribution in [0.1, 0.15) is 20.8 Å². The van der Waals surface area contributed by atoms with Crippen molar-refractivity contribution in [2.75, 3.05) is 19.8 Å². The molecule has 0 aliphatic heterocycles. The van der Waals surface area contributed by atoms with Crippen molar-refractivity contribution in [2.24, 2.45) is 11.7 Å². The first-order valence-corrected chi connectivity index (χ1v) is 4.03. The zero-order valence-corrected chi connectivity index (χ0v) is 7.56. The van der Waals surface area contributed by atoms with Gasteiger partial charge in [-0.2, -0.15) is 0 Å². The summed E-state index contributed by atoms with van der Waals surface area (Å²) >= 11 is 0. The molecule has 0 saturated heterocycles. The van der Waals surface area contributed by atoms with E-state index in [-0.39, 0.29) is 19.1 Å². The van der Waals surface area contributed by atoms with Crippen LogP contribution in [0.4, 0.5) is 4.39 Å². The van der Waals surface area contributed by atoms with Gasteiger partial charge in [-0.15, -0.1) is 0 Å². The largest absolute Gasteiger partial charge is 0.378 e. The Labute approximate surface area is 67.9 Å². The Morgan fingerprint density at radius 1 is 1.55 bits per heavy atom. The van der Waals surface area contributed by atoms with Crippen LogP contribution < -0.4 is 5.73 Å². The predicted octanol–water partition coefficient (Wildman–Crippen LogP) is 1.35. The second-order valence-corrected chi connectivity index (χ2v) is 3.03. The summed E-state index contributed by atoms with van der Waals surface area (Å²) in [5.74, 6) is -0.0842. The molecule has 0 saturated carbocycles. The van der Waals surface area contributed by atoms with Gasteiger partial charge in [-0.25, -0.2) is 4.39 Å². The first kappa shape index (κ1) is 10.8. The number of hydrogen-bond donors (Lipinski definition) is 1. The lowest BCUT2D eigenvalue weighted by Crippen LogP contribution is -2.42. The van der Waals surface area contributed by atoms with Crippen molar-refractivity contribution in [3.63, 3.8) is 0 Å². The van der Waals surface area contributed by atoms with Gasteiger partial charge in [0.1, 0.15) is 5.67 Å². The van der Waals surface area contributed by atoms with Crippen LogP contribution in [0.15, 0.2) is 0 Å². The molecule has 0 aromatic rings. The minimum Gasteiger partial charge on any atom is -0.378 e. The van der Waals surface area contributed by atoms with E-state index in [2.05, 4.69) is 0 Å². The maximum Gasteiger partial charge on any atom is 0.148 e. The van der Waals surface area contributed by atoms with Crippen LogP contribution in [0.3, 0.4) is 0 Å². The molecule has 0 bridgehead atoms. The summed E-state index contributed by atoms with van der Waals surface area (Å²) in [4.78, 5) is 0. The summed E-state index contributed by atoms with van der Waals surface area (Å²) in [5.41, 5.74) is 3.94. The molecule has 0 radical (unpaired) electrons. The Kier molecular flexibility index (Phi) is 4.61. The van der Waals surface area contributed by atoms with Gasteiger partial charge in [0, 0.05) is 13.2 Å². The minimum absolute atomic E-state index is 0.0324. The molecule has 0 heterocycles. The Balaban J connectivity index is 3.88. The van der Waals surface area contributed by atoms with Crippen molar-refractivity contribution in [1.82, 2.24) is 0 Å². The number of ether oxygens (including phenoxy) is 1. The van der Waals surface area contributed by atoms with Crippen LogP contribution in [-0.4, -0.2) is 25.4 Å². The molecule has 0 aliphatic rings. The van der Waals surface area contributed by atoms with Crippen molar-refractivity contribution in [3.8, 4) is 0 Å². The summed E-state index contributed by atoms with van der Waals surface area (Å²) in [6.07, 6.45) is 0. The third kappa shape index (κ3) is 3.16. The van der Waals surface area contributed by atoms with Crippen LogP contribution in [0.25, 0.3) is 0 Å². The fraction of sp³-hybridized carbons (Fsp3) is 1.00. The molecule has 0 amide bonds. The molecule has 1 unspecified atom stereocenters. The Morgan fingerprint density at radius 2 is 2.09 bits per heavy atom. The van der Waals surface area contributed by atoms with Gasteiger partial charge in [0.25, 0.3) is 0 Å². The first-order valence-electron chi connectivity index (χ1n) is 4.03. The topological polar surface area (TPSA) is 35.2 Å². The van der Waals surface area contributed by atoms with Gasteiger partial charge in [-0.05, 0) is 12.8 Å². The van der Waals surface area contributed by atoms with Gasteiger partial charge in [0.15, 0.2) is 0 Å². The van der Waals surface area contributed by atoms with Gasteiger partial charge in [0.2, 0.25) is 0 Å². The highest BCUT2D eigenvalue weighted by atomic mass is 19.1. The summed E-state index contributed by atoms with van der Waals surface area (Å²) in [5, 5.41) is 0. The monoisotopic (exact) mass is 163 g/mol. The lowest BCUT2D eigenvalue weighted by molar-refractivity contribution is -0.00389. The fourth-order valence-electron chi connectivity index (χ4n) is 0.733. The first-order chi connectivity index (χ1) is 5.06. The Hall–Kier alpha value is -0.150. The number of nitrogens with two attached hydrogens (primary N) is 1. The molecule has 1 atom stereocenters. The van der Waals surface area contributed by atoms with Gasteiger partial charge < -0.3 is 10.5 Å². The minimum atomic E-state index is -1.35. The Bertz CT molecular complexity index is 108. The van der Waals surface area contributed by atoms with Crippen LogP contribution >= 0.6 is 0 Å². The highest BCUT2D eigenvalue weighted by Gasteiger charge is 2.32. The molecule has 68 valence electrons. The molecule has 2 N–H and O–H groups in total. The van der Waals surface area contributed by atoms with Crippen molar-refractivity contribution in [2.45, 2.75) is 26.4 Å². The van der Waals surface area contributed by atoms with Crippen molar-refractivity contribution in [1.29, 1.82) is 0 Å². The zero-order chi connectivity index (χ0) is 8.91. The smallest absolute Gasteiger partial charge is 0.148 e. The van der Waals surface area contributed by atoms with E-state index in [1.54, 1.807) is 0 Å². The maximum absolute atomic E-state index is 13.6. The lowest BCUT2D eigenvalue weighted by atomic mass is 9.93. The molecule has 0 aromatic heterocycles. The third-order valence-corrected chi connectivity index (χ3v) is 1.92. The maximum atomic E-state index is 13.6. The van der Waals surface area contributed by atoms with E-state index in [0.29, 0.717) is 6.61 Å². The number of halogens is 1. The molecule has 3 heteroatoms. The molecule has 0 rings (SSSR count). The fourth-order valence-corrected chi connectivity index (χ4v) is 0.733. The van der Waals surface area contributed by atoms with E-state index in [4.69, 9.17) is 10.5 Å². The number of hydrogen-bond acceptors (Lipinski definition) is 2. The predicted molar refractivity (Wildman–Crippen MR) is 44.2 cm³/mol. The van der Waals surface area contributed by atoms with Crippen LogP contribution in [0.2, 0.25) is 0 Å². The van der Waals surface area contributed by atoms with E-state index in [1.807, 2.05) is 20.8 Å². The van der Waals surface area contributed by atoms with Gasteiger partial charge in [-0.3, -0.25) is 0 Å². The molecule has 0 aromatic carbocycles. The standard InChI is InChI=1S/C8H18FNO/c1-4-11-6-8(9,5-10)7(2)3/h7H,4-6,10H2,1-3H3. The van der Waals surface area contributed by atoms with E-state index < -0.39 is 5.67 Å². The third-order valence-electron chi connectivity index (χ3n) is 1.92. The molecular formula is C8H18FNO. The summed E-state index contributed by atoms with van der Waals surface area (Å²) < 4.78 is 18.6. The van der Waals surface area contributed by atoms with E-state index in [1.165, 1.54) is 0 Å². The highest BCUT2D eigenvalue weighted by Crippen LogP contribution is 2.20. The molecule has 0 aliphatic carbocycles. The highest BCUT2D eigenvalue weighted by molar-refractivity contribution is 4.83. The van der Waals surface area contributed by atoms with Crippen molar-refractivity contribution in [3.05, 3.63) is 0 Å². The van der Waals surface area contributed by atoms with Gasteiger partial charge in [0.05, 0.1) is 6.61 Å². The average molecular weight is 163 g/mol. The van der Waals surface area contributed by atoms with Crippen LogP contribution in [0.5, 0.6) is 0 Å². The Morgan fingerprint density at radius 3 is 2.36 bits per heavy atom. The van der Waals surface area contributed by atoms with Gasteiger partial charge >= 0.3 is 0 Å². The number of rotatable bonds is 5. The average Bonchev–Trinajstić information content (AvgIpc) is 2.00. The van der Waals surface area contributed by atoms with Crippen LogP contribution in [-0.2, 0) is 4.74 Å². The quantitative estimate of drug-likeness (QED) is 0.664. The second kappa shape index (κ2) is 4.67. The molecule has 2 nitrogen and oxygen atoms in total. The second-order valence-electron chi connectivity index (χ2n) is 3.03. The van der Waals surface area contributed by atoms with E-state index in [0.717, 1.165) is 0 Å². The van der Waals surface area contributed by atoms with Gasteiger partial charge in [-0.1, -0.05) is 13.8 Å². The number of alkyl halides is 1. The van der Waals surface area contributed by atoms with E-state index >= 15 is 0 Å². The SMILES string of the molecule is CCOCC(F)(CN)C(C)C. The van der Waals surface area contributed by atoms with Crippen molar-refractivity contribution < 1.29 is 9.13 Å². The van der Waals surface area contributed by atoms with Crippen LogP contribution in [0, 0.1) is 5.92 Å². The molecular weight excluding hydrogens is 145 g/mol. The normalized spacial score (nSPS) is 16.9. The molecule has 0 spiro atoms. The summed E-state index contributed by atoms with van der Waals surface area (Å²) in [6, 6.07) is 0. The summed E-state index contributed by atoms with van der Waals surface area (Å²) in [6.45, 7) is 6.15. The lowest BCUT2D eigenvalue weighted by Gasteiger charge is -2.27. The van der Waals surface area contributed by atoms with Crippen molar-refractivity contribution >= 4 is 0 Å². The zero-order valence-electron chi connectivity index (χ0n) is 7.56. The molecule has 11 heavy (non-hydrogen) atoms. The van der Waals surface area contributed by atoms with E-state index in [9.17, 15) is 4.39 Å². The molecule has 0 fully saturated rings.